The summed E-state index contributed by atoms with van der Waals surface area (Å²) < 4.78 is 6.07. The van der Waals surface area contributed by atoms with Gasteiger partial charge in [-0.2, -0.15) is 0 Å². The van der Waals surface area contributed by atoms with Gasteiger partial charge in [-0.05, 0) is 102 Å². The van der Waals surface area contributed by atoms with Crippen molar-refractivity contribution in [3.8, 4) is 0 Å². The summed E-state index contributed by atoms with van der Waals surface area (Å²) in [5.41, 5.74) is 0.444. The van der Waals surface area contributed by atoms with E-state index in [0.717, 1.165) is 51.4 Å². The number of Topliss-reactive ketones (excluding diaryl/α,β-unsaturated/α-hetero) is 1. The normalized spacial score (nSPS) is 44.5. The Morgan fingerprint density at radius 3 is 2.50 bits per heavy atom. The van der Waals surface area contributed by atoms with Crippen LogP contribution in [-0.4, -0.2) is 34.9 Å². The first-order valence-corrected chi connectivity index (χ1v) is 15.8. The number of carbonyl (C=O) groups excluding carboxylic acids is 3. The van der Waals surface area contributed by atoms with Crippen LogP contribution >= 0.6 is 0 Å². The maximum atomic E-state index is 13.2. The number of fused-ring (bicyclic) bond motifs is 2. The number of unbranched alkanes of at least 4 members (excludes halogenated alkanes) is 1. The maximum Gasteiger partial charge on any atom is 0.302 e. The molecular formula is C35H51O5+. The Labute approximate surface area is 241 Å². The number of allylic oxidation sites excluding steroid dienone is 2. The molecule has 0 aliphatic heterocycles. The van der Waals surface area contributed by atoms with Gasteiger partial charge in [0.2, 0.25) is 0 Å². The Kier molecular flexibility index (Phi) is 7.29. The zero-order valence-electron chi connectivity index (χ0n) is 25.8. The Balaban J connectivity index is 1.49. The molecule has 2 spiro atoms. The summed E-state index contributed by atoms with van der Waals surface area (Å²) in [7, 11) is 0. The largest absolute Gasteiger partial charge is 0.462 e. The first kappa shape index (κ1) is 29.6. The molecule has 5 aliphatic carbocycles. The number of aliphatic hydroxyl groups excluding tert-OH is 1. The lowest BCUT2D eigenvalue weighted by molar-refractivity contribution is -0.154. The van der Waals surface area contributed by atoms with Crippen LogP contribution in [0.25, 0.3) is 0 Å². The molecule has 40 heavy (non-hydrogen) atoms. The summed E-state index contributed by atoms with van der Waals surface area (Å²) in [6.07, 6.45) is 13.0. The second kappa shape index (κ2) is 9.85. The fourth-order valence-corrected chi connectivity index (χ4v) is 11.0. The molecule has 0 heterocycles. The van der Waals surface area contributed by atoms with E-state index in [4.69, 9.17) is 4.74 Å². The van der Waals surface area contributed by atoms with Crippen LogP contribution in [0, 0.1) is 63.6 Å². The van der Waals surface area contributed by atoms with Gasteiger partial charge in [-0.15, -0.1) is 0 Å². The molecule has 5 rings (SSSR count). The molecule has 11 unspecified atom stereocenters. The Bertz CT molecular complexity index is 1120. The molecule has 4 saturated carbocycles. The zero-order chi connectivity index (χ0) is 29.4. The number of carbonyl (C=O) groups is 3. The summed E-state index contributed by atoms with van der Waals surface area (Å²) >= 11 is 0. The average Bonchev–Trinajstić information content (AvgIpc) is 3.50. The zero-order valence-corrected chi connectivity index (χ0v) is 25.8. The van der Waals surface area contributed by atoms with E-state index in [1.807, 2.05) is 26.8 Å². The predicted octanol–water partition coefficient (Wildman–Crippen LogP) is 6.68. The molecule has 5 aliphatic rings. The van der Waals surface area contributed by atoms with Gasteiger partial charge in [-0.3, -0.25) is 14.4 Å². The molecule has 220 valence electrons. The first-order valence-electron chi connectivity index (χ1n) is 15.8. The van der Waals surface area contributed by atoms with E-state index in [2.05, 4.69) is 39.8 Å². The molecule has 0 aromatic carbocycles. The number of hydrogen-bond acceptors (Lipinski definition) is 5. The number of esters is 1. The van der Waals surface area contributed by atoms with Crippen LogP contribution in [0.3, 0.4) is 0 Å². The number of rotatable bonds is 9. The highest BCUT2D eigenvalue weighted by molar-refractivity contribution is 5.98. The van der Waals surface area contributed by atoms with Crippen molar-refractivity contribution in [1.82, 2.24) is 0 Å². The van der Waals surface area contributed by atoms with Crippen LogP contribution in [0.5, 0.6) is 0 Å². The molecular weight excluding hydrogens is 500 g/mol. The second-order valence-corrected chi connectivity index (χ2v) is 14.9. The van der Waals surface area contributed by atoms with Crippen LogP contribution in [0.4, 0.5) is 0 Å². The fraction of sp³-hybridized carbons (Fsp3) is 0.771. The van der Waals surface area contributed by atoms with Gasteiger partial charge in [0.05, 0.1) is 25.2 Å². The van der Waals surface area contributed by atoms with Crippen molar-refractivity contribution in [3.63, 3.8) is 0 Å². The summed E-state index contributed by atoms with van der Waals surface area (Å²) in [5, 5.41) is 11.4. The van der Waals surface area contributed by atoms with Crippen LogP contribution in [0.1, 0.15) is 99.8 Å². The maximum absolute atomic E-state index is 13.2. The van der Waals surface area contributed by atoms with Gasteiger partial charge in [0.15, 0.2) is 11.6 Å². The van der Waals surface area contributed by atoms with Gasteiger partial charge < -0.3 is 9.84 Å². The Morgan fingerprint density at radius 1 is 1.18 bits per heavy atom. The summed E-state index contributed by atoms with van der Waals surface area (Å²) in [5.74, 6) is 0.169. The van der Waals surface area contributed by atoms with E-state index in [-0.39, 0.29) is 63.2 Å². The van der Waals surface area contributed by atoms with Gasteiger partial charge in [0.25, 0.3) is 0 Å². The van der Waals surface area contributed by atoms with Crippen molar-refractivity contribution in [2.75, 3.05) is 0 Å². The van der Waals surface area contributed by atoms with Crippen LogP contribution in [0.15, 0.2) is 24.3 Å². The van der Waals surface area contributed by atoms with Crippen LogP contribution < -0.4 is 0 Å². The Hall–Kier alpha value is -1.88. The van der Waals surface area contributed by atoms with Crippen molar-refractivity contribution < 1.29 is 24.2 Å². The van der Waals surface area contributed by atoms with E-state index in [9.17, 15) is 19.5 Å². The van der Waals surface area contributed by atoms with E-state index in [1.54, 1.807) is 0 Å². The van der Waals surface area contributed by atoms with Crippen LogP contribution in [0.2, 0.25) is 0 Å². The third kappa shape index (κ3) is 3.88. The van der Waals surface area contributed by atoms with Gasteiger partial charge in [-0.25, -0.2) is 0 Å². The van der Waals surface area contributed by atoms with E-state index < -0.39 is 6.10 Å². The molecule has 5 nitrogen and oxygen atoms in total. The molecule has 5 heteroatoms. The van der Waals surface area contributed by atoms with Crippen molar-refractivity contribution in [2.24, 2.45) is 57.2 Å². The molecule has 0 saturated heterocycles. The second-order valence-electron chi connectivity index (χ2n) is 14.9. The van der Waals surface area contributed by atoms with Crippen LogP contribution in [-0.2, 0) is 19.1 Å². The smallest absolute Gasteiger partial charge is 0.302 e. The van der Waals surface area contributed by atoms with E-state index in [0.29, 0.717) is 23.2 Å². The molecule has 0 amide bonds. The standard InChI is InChI=1S/C35H51O5/c1-9-10-11-24-25-12-13-28-33(8)18-27(40-23(6)36)29(22(5)31(39)30(38)21(4)20(2)3)32(33,7)16-17-35(28)19-34(25,35)15-14-26(24)37/h10,14-15,20,22,24-25,27-29,31,39H,4,9,11-13,16-19H2,1-3,5-8H3/q+1. The fourth-order valence-electron chi connectivity index (χ4n) is 11.0. The number of hydrogen-bond donors (Lipinski definition) is 1. The lowest BCUT2D eigenvalue weighted by Crippen LogP contribution is -2.56. The average molecular weight is 552 g/mol. The molecule has 0 aromatic heterocycles. The molecule has 0 radical (unpaired) electrons. The predicted molar refractivity (Wildman–Crippen MR) is 156 cm³/mol. The van der Waals surface area contributed by atoms with Crippen molar-refractivity contribution in [1.29, 1.82) is 0 Å². The van der Waals surface area contributed by atoms with Crippen molar-refractivity contribution in [2.45, 2.75) is 112 Å². The number of ketones is 2. The summed E-state index contributed by atoms with van der Waals surface area (Å²) in [6.45, 7) is 18.2. The van der Waals surface area contributed by atoms with E-state index in [1.165, 1.54) is 6.92 Å². The highest BCUT2D eigenvalue weighted by atomic mass is 16.5. The monoisotopic (exact) mass is 551 g/mol. The highest BCUT2D eigenvalue weighted by Gasteiger charge is 2.82. The quantitative estimate of drug-likeness (QED) is 0.196. The number of aliphatic hydroxyl groups is 1. The first-order chi connectivity index (χ1) is 18.7. The van der Waals surface area contributed by atoms with Gasteiger partial charge in [0, 0.05) is 12.8 Å². The molecule has 4 fully saturated rings. The minimum Gasteiger partial charge on any atom is -0.462 e. The van der Waals surface area contributed by atoms with Gasteiger partial charge in [-0.1, -0.05) is 47.3 Å². The van der Waals surface area contributed by atoms with Crippen molar-refractivity contribution in [3.05, 3.63) is 30.7 Å². The van der Waals surface area contributed by atoms with E-state index >= 15 is 0 Å². The lowest BCUT2D eigenvalue weighted by Gasteiger charge is -2.61. The molecule has 0 bridgehead atoms. The third-order valence-electron chi connectivity index (χ3n) is 13.2. The topological polar surface area (TPSA) is 80.7 Å². The molecule has 11 atom stereocenters. The van der Waals surface area contributed by atoms with Crippen molar-refractivity contribution >= 4 is 17.5 Å². The third-order valence-corrected chi connectivity index (χ3v) is 13.2. The summed E-state index contributed by atoms with van der Waals surface area (Å²) in [4.78, 5) is 38.6. The molecule has 0 aromatic rings. The minimum absolute atomic E-state index is 0.0343. The van der Waals surface area contributed by atoms with Gasteiger partial charge in [0.1, 0.15) is 12.2 Å². The number of ether oxygens (including phenoxy) is 1. The highest BCUT2D eigenvalue weighted by Crippen LogP contribution is 2.87. The Morgan fingerprint density at radius 2 is 1.88 bits per heavy atom. The lowest BCUT2D eigenvalue weighted by atomic mass is 9.43. The van der Waals surface area contributed by atoms with Gasteiger partial charge >= 0.3 is 5.97 Å². The summed E-state index contributed by atoms with van der Waals surface area (Å²) in [6, 6.07) is 0. The minimum atomic E-state index is -1.17. The molecule has 1 N–H and O–H groups in total. The SMILES string of the molecule is C=C(C(=O)C(O)C(C)C1C(OC(C)=O)CC2(C)C3CCC4C(C[CH+]CC)C(=O)C=CC45CC35CCC12C)C(C)C.